The molecule has 0 spiro atoms. The van der Waals surface area contributed by atoms with Gasteiger partial charge in [0.25, 0.3) is 5.91 Å². The molecule has 2 aliphatic heterocycles. The summed E-state index contributed by atoms with van der Waals surface area (Å²) in [5.74, 6) is -1.14. The molecule has 2 aliphatic rings. The van der Waals surface area contributed by atoms with Crippen molar-refractivity contribution in [3.63, 3.8) is 0 Å². The number of amides is 3. The van der Waals surface area contributed by atoms with Crippen LogP contribution in [0.25, 0.3) is 0 Å². The van der Waals surface area contributed by atoms with Crippen molar-refractivity contribution in [2.24, 2.45) is 0 Å². The lowest BCUT2D eigenvalue weighted by Gasteiger charge is -2.35. The number of benzene rings is 1. The van der Waals surface area contributed by atoms with E-state index < -0.39 is 44.4 Å². The minimum Gasteiger partial charge on any atom is -0.432 e. The van der Waals surface area contributed by atoms with Crippen molar-refractivity contribution in [3.8, 4) is 0 Å². The minimum absolute atomic E-state index is 0.0722. The third-order valence-corrected chi connectivity index (χ3v) is 11.2. The van der Waals surface area contributed by atoms with Crippen molar-refractivity contribution in [1.82, 2.24) is 4.90 Å². The summed E-state index contributed by atoms with van der Waals surface area (Å²) < 4.78 is 27.0. The summed E-state index contributed by atoms with van der Waals surface area (Å²) in [6, 6.07) is 3.79. The molecule has 0 atom stereocenters. The molecule has 182 valence electrons. The monoisotopic (exact) mass is 478 g/mol. The van der Waals surface area contributed by atoms with Crippen molar-refractivity contribution in [2.75, 3.05) is 18.0 Å². The summed E-state index contributed by atoms with van der Waals surface area (Å²) in [7, 11) is -3.09. The van der Waals surface area contributed by atoms with E-state index >= 15 is 4.39 Å². The molecule has 0 unspecified atom stereocenters. The van der Waals surface area contributed by atoms with Crippen LogP contribution in [0.5, 0.6) is 0 Å². The first kappa shape index (κ1) is 25.9. The molecule has 0 bridgehead atoms. The van der Waals surface area contributed by atoms with Gasteiger partial charge in [0.05, 0.1) is 16.9 Å². The van der Waals surface area contributed by atoms with Crippen molar-refractivity contribution in [2.45, 2.75) is 83.7 Å². The maximum Gasteiger partial charge on any atom is 0.494 e. The Morgan fingerprint density at radius 1 is 1.15 bits per heavy atom. The number of hydrogen-bond donors (Lipinski definition) is 1. The zero-order valence-electron chi connectivity index (χ0n) is 21.0. The Bertz CT molecular complexity index is 931. The van der Waals surface area contributed by atoms with Crippen LogP contribution in [0.15, 0.2) is 18.2 Å². The summed E-state index contributed by atoms with van der Waals surface area (Å²) in [4.78, 5) is 38.3. The second-order valence-electron chi connectivity index (χ2n) is 11.3. The van der Waals surface area contributed by atoms with Gasteiger partial charge in [-0.05, 0) is 76.3 Å². The summed E-state index contributed by atoms with van der Waals surface area (Å²) in [5.41, 5.74) is -0.701. The number of urea groups is 1. The average molecular weight is 478 g/mol. The topological polar surface area (TPSA) is 79.3 Å². The van der Waals surface area contributed by atoms with E-state index in [1.54, 1.807) is 6.07 Å². The first-order chi connectivity index (χ1) is 15.0. The predicted octanol–water partition coefficient (Wildman–Crippen LogP) is 3.65. The molecule has 2 heterocycles. The van der Waals surface area contributed by atoms with Gasteiger partial charge < -0.3 is 19.0 Å². The van der Waals surface area contributed by atoms with Crippen LogP contribution in [-0.4, -0.2) is 61.4 Å². The maximum absolute atomic E-state index is 15.1. The van der Waals surface area contributed by atoms with Crippen molar-refractivity contribution >= 4 is 38.5 Å². The lowest BCUT2D eigenvalue weighted by atomic mass is 9.79. The van der Waals surface area contributed by atoms with E-state index in [1.165, 1.54) is 17.0 Å². The van der Waals surface area contributed by atoms with Crippen molar-refractivity contribution in [1.29, 1.82) is 0 Å². The standard InChI is InChI=1S/C23H36BFN2O5Si/c1-21(2,33(7,8)30)12-9-13-26-15-19(28)27(20(26)29)18-11-10-16(14-17(18)25)24-31-22(3,4)23(5,6)32-24/h10-11,14,30H,9,12-13,15H2,1-8H3. The highest BCUT2D eigenvalue weighted by Gasteiger charge is 2.52. The first-order valence-electron chi connectivity index (χ1n) is 11.5. The summed E-state index contributed by atoms with van der Waals surface area (Å²) in [5, 5.41) is -0.213. The molecule has 2 fully saturated rings. The molecule has 10 heteroatoms. The quantitative estimate of drug-likeness (QED) is 0.478. The lowest BCUT2D eigenvalue weighted by molar-refractivity contribution is -0.116. The molecule has 7 nitrogen and oxygen atoms in total. The van der Waals surface area contributed by atoms with E-state index in [4.69, 9.17) is 9.31 Å². The molecule has 3 rings (SSSR count). The van der Waals surface area contributed by atoms with E-state index in [1.807, 2.05) is 54.6 Å². The number of halogens is 1. The van der Waals surface area contributed by atoms with Crippen LogP contribution in [0.3, 0.4) is 0 Å². The van der Waals surface area contributed by atoms with Gasteiger partial charge >= 0.3 is 13.1 Å². The molecule has 33 heavy (non-hydrogen) atoms. The predicted molar refractivity (Wildman–Crippen MR) is 130 cm³/mol. The highest BCUT2D eigenvalue weighted by Crippen LogP contribution is 2.40. The fraction of sp³-hybridized carbons (Fsp3) is 0.652. The Morgan fingerprint density at radius 3 is 2.24 bits per heavy atom. The molecule has 0 radical (unpaired) electrons. The Labute approximate surface area is 197 Å². The summed E-state index contributed by atoms with van der Waals surface area (Å²) >= 11 is 0. The van der Waals surface area contributed by atoms with Crippen LogP contribution < -0.4 is 10.4 Å². The van der Waals surface area contributed by atoms with Crippen LogP contribution >= 0.6 is 0 Å². The molecule has 3 amide bonds. The number of carbonyl (C=O) groups excluding carboxylic acids is 2. The molecule has 0 aromatic heterocycles. The highest BCUT2D eigenvalue weighted by atomic mass is 28.4. The third kappa shape index (κ3) is 4.89. The zero-order chi connectivity index (χ0) is 25.0. The number of anilines is 1. The third-order valence-electron chi connectivity index (χ3n) is 7.66. The molecular formula is C23H36BFN2O5Si. The van der Waals surface area contributed by atoms with Crippen LogP contribution in [0.1, 0.15) is 54.4 Å². The molecule has 1 aromatic carbocycles. The fourth-order valence-corrected chi connectivity index (χ4v) is 4.60. The van der Waals surface area contributed by atoms with Gasteiger partial charge in [-0.3, -0.25) is 4.79 Å². The van der Waals surface area contributed by atoms with Crippen molar-refractivity contribution in [3.05, 3.63) is 24.0 Å². The van der Waals surface area contributed by atoms with Crippen LogP contribution in [0.4, 0.5) is 14.9 Å². The molecular weight excluding hydrogens is 442 g/mol. The van der Waals surface area contributed by atoms with E-state index in [0.29, 0.717) is 18.4 Å². The summed E-state index contributed by atoms with van der Waals surface area (Å²) in [6.45, 7) is 15.8. The van der Waals surface area contributed by atoms with E-state index in [-0.39, 0.29) is 17.3 Å². The van der Waals surface area contributed by atoms with E-state index in [2.05, 4.69) is 0 Å². The lowest BCUT2D eigenvalue weighted by Crippen LogP contribution is -2.41. The van der Waals surface area contributed by atoms with E-state index in [9.17, 15) is 14.4 Å². The largest absolute Gasteiger partial charge is 0.494 e. The number of hydrogen-bond acceptors (Lipinski definition) is 5. The van der Waals surface area contributed by atoms with Gasteiger partial charge in [0.15, 0.2) is 8.32 Å². The van der Waals surface area contributed by atoms with Gasteiger partial charge in [-0.15, -0.1) is 0 Å². The Hall–Kier alpha value is -1.75. The molecule has 2 saturated heterocycles. The molecule has 0 aliphatic carbocycles. The summed E-state index contributed by atoms with van der Waals surface area (Å²) in [6.07, 6.45) is 1.39. The normalized spacial score (nSPS) is 20.8. The van der Waals surface area contributed by atoms with Crippen LogP contribution in [0.2, 0.25) is 18.1 Å². The first-order valence-corrected chi connectivity index (χ1v) is 14.4. The molecule has 1 N–H and O–H groups in total. The van der Waals surface area contributed by atoms with Crippen LogP contribution in [0, 0.1) is 5.82 Å². The molecule has 0 saturated carbocycles. The van der Waals surface area contributed by atoms with Gasteiger partial charge in [0, 0.05) is 6.54 Å². The molecule has 1 aromatic rings. The second-order valence-corrected chi connectivity index (χ2v) is 15.8. The number of imide groups is 1. The van der Waals surface area contributed by atoms with Gasteiger partial charge in [-0.25, -0.2) is 14.1 Å². The van der Waals surface area contributed by atoms with Gasteiger partial charge in [-0.2, -0.15) is 0 Å². The SMILES string of the molecule is CC1(C)OB(c2ccc(N3C(=O)CN(CCCC(C)(C)[Si](C)(C)O)C3=O)c(F)c2)OC1(C)C. The Morgan fingerprint density at radius 2 is 1.73 bits per heavy atom. The number of nitrogens with zero attached hydrogens (tertiary/aromatic N) is 2. The van der Waals surface area contributed by atoms with E-state index in [0.717, 1.165) is 11.3 Å². The minimum atomic E-state index is -2.35. The Balaban J connectivity index is 1.70. The van der Waals surface area contributed by atoms with Gasteiger partial charge in [0.2, 0.25) is 0 Å². The maximum atomic E-state index is 15.1. The fourth-order valence-electron chi connectivity index (χ4n) is 3.81. The smallest absolute Gasteiger partial charge is 0.432 e. The van der Waals surface area contributed by atoms with Crippen LogP contribution in [-0.2, 0) is 14.1 Å². The Kier molecular flexibility index (Phi) is 6.65. The average Bonchev–Trinajstić information content (AvgIpc) is 3.05. The highest BCUT2D eigenvalue weighted by molar-refractivity contribution is 6.72. The van der Waals surface area contributed by atoms with Gasteiger partial charge in [-0.1, -0.05) is 19.9 Å². The zero-order valence-corrected chi connectivity index (χ0v) is 22.0. The second kappa shape index (κ2) is 8.48. The number of carbonyl (C=O) groups is 2. The van der Waals surface area contributed by atoms with Gasteiger partial charge in [0.1, 0.15) is 12.4 Å². The number of rotatable bonds is 7. The van der Waals surface area contributed by atoms with Crippen molar-refractivity contribution < 1.29 is 28.1 Å².